The van der Waals surface area contributed by atoms with Gasteiger partial charge in [-0.3, -0.25) is 9.59 Å². The van der Waals surface area contributed by atoms with E-state index >= 15 is 0 Å². The number of rotatable bonds is 5. The van der Waals surface area contributed by atoms with Crippen molar-refractivity contribution in [3.05, 3.63) is 69.2 Å². The highest BCUT2D eigenvalue weighted by Gasteiger charge is 2.31. The number of hydrogen-bond donors (Lipinski definition) is 0. The lowest BCUT2D eigenvalue weighted by Crippen LogP contribution is -2.26. The summed E-state index contributed by atoms with van der Waals surface area (Å²) in [7, 11) is 0. The predicted molar refractivity (Wildman–Crippen MR) is 113 cm³/mol. The summed E-state index contributed by atoms with van der Waals surface area (Å²) in [5, 5.41) is 0.616. The first-order valence-electron chi connectivity index (χ1n) is 9.61. The van der Waals surface area contributed by atoms with Crippen LogP contribution in [0.5, 0.6) is 0 Å². The zero-order chi connectivity index (χ0) is 19.2. The molecule has 4 heteroatoms. The molecule has 1 aliphatic carbocycles. The van der Waals surface area contributed by atoms with Crippen LogP contribution < -0.4 is 0 Å². The molecule has 0 amide bonds. The molecular formula is C23H24BrClO2. The molecule has 1 saturated carbocycles. The third-order valence-corrected chi connectivity index (χ3v) is 6.18. The summed E-state index contributed by atoms with van der Waals surface area (Å²) in [4.78, 5) is 25.9. The third-order valence-electron chi connectivity index (χ3n) is 5.44. The van der Waals surface area contributed by atoms with Crippen molar-refractivity contribution in [2.45, 2.75) is 50.9 Å². The predicted octanol–water partition coefficient (Wildman–Crippen LogP) is 7.00. The molecule has 27 heavy (non-hydrogen) atoms. The second-order valence-electron chi connectivity index (χ2n) is 7.32. The van der Waals surface area contributed by atoms with E-state index in [0.29, 0.717) is 29.2 Å². The smallest absolute Gasteiger partial charge is 0.163 e. The van der Waals surface area contributed by atoms with Crippen molar-refractivity contribution < 1.29 is 9.59 Å². The monoisotopic (exact) mass is 446 g/mol. The molecule has 0 radical (unpaired) electrons. The minimum absolute atomic E-state index is 0.0616. The van der Waals surface area contributed by atoms with Gasteiger partial charge in [-0.05, 0) is 54.8 Å². The van der Waals surface area contributed by atoms with Crippen LogP contribution in [0.25, 0.3) is 0 Å². The number of ketones is 2. The maximum Gasteiger partial charge on any atom is 0.163 e. The van der Waals surface area contributed by atoms with Gasteiger partial charge in [-0.1, -0.05) is 58.9 Å². The number of Topliss-reactive ketones (excluding diaryl/α,β-unsaturated/α-hetero) is 2. The van der Waals surface area contributed by atoms with E-state index in [1.807, 2.05) is 24.3 Å². The van der Waals surface area contributed by atoms with Gasteiger partial charge in [-0.25, -0.2) is 0 Å². The Balaban J connectivity index is 1.90. The van der Waals surface area contributed by atoms with Crippen molar-refractivity contribution in [1.29, 1.82) is 0 Å². The average molecular weight is 448 g/mol. The van der Waals surface area contributed by atoms with Crippen molar-refractivity contribution in [1.82, 2.24) is 0 Å². The molecule has 142 valence electrons. The molecule has 1 fully saturated rings. The van der Waals surface area contributed by atoms with Gasteiger partial charge in [0.2, 0.25) is 0 Å². The third kappa shape index (κ3) is 5.52. The van der Waals surface area contributed by atoms with Gasteiger partial charge in [0.25, 0.3) is 0 Å². The minimum atomic E-state index is -0.0872. The largest absolute Gasteiger partial charge is 0.299 e. The standard InChI is InChI=1S/C23H24BrClO2/c24-18-7-5-6-17(14-18)21(20-8-3-1-2-4-9-22(20)26)15-23(27)16-10-12-19(25)13-11-16/h5-7,10-14,20-21H,1-4,8-9,15H2/t20-,21+/m0/s1. The number of carbonyl (C=O) groups excluding carboxylic acids is 2. The Morgan fingerprint density at radius 2 is 1.81 bits per heavy atom. The van der Waals surface area contributed by atoms with Crippen LogP contribution in [0.4, 0.5) is 0 Å². The van der Waals surface area contributed by atoms with Gasteiger partial charge in [-0.2, -0.15) is 0 Å². The molecular weight excluding hydrogens is 424 g/mol. The van der Waals surface area contributed by atoms with Crippen molar-refractivity contribution in [3.63, 3.8) is 0 Å². The molecule has 0 N–H and O–H groups in total. The van der Waals surface area contributed by atoms with E-state index in [2.05, 4.69) is 15.9 Å². The molecule has 1 aliphatic rings. The van der Waals surface area contributed by atoms with Crippen LogP contribution in [-0.2, 0) is 4.79 Å². The van der Waals surface area contributed by atoms with Crippen LogP contribution in [0.15, 0.2) is 53.0 Å². The lowest BCUT2D eigenvalue weighted by molar-refractivity contribution is -0.124. The number of benzene rings is 2. The highest BCUT2D eigenvalue weighted by atomic mass is 79.9. The Morgan fingerprint density at radius 3 is 2.56 bits per heavy atom. The van der Waals surface area contributed by atoms with Crippen molar-refractivity contribution >= 4 is 39.1 Å². The normalized spacial score (nSPS) is 19.2. The van der Waals surface area contributed by atoms with Crippen molar-refractivity contribution in [2.75, 3.05) is 0 Å². The first-order chi connectivity index (χ1) is 13.0. The van der Waals surface area contributed by atoms with Gasteiger partial charge >= 0.3 is 0 Å². The van der Waals surface area contributed by atoms with Gasteiger partial charge < -0.3 is 0 Å². The van der Waals surface area contributed by atoms with Crippen LogP contribution in [0, 0.1) is 5.92 Å². The Morgan fingerprint density at radius 1 is 1.07 bits per heavy atom. The van der Waals surface area contributed by atoms with Gasteiger partial charge in [0.15, 0.2) is 5.78 Å². The molecule has 2 atom stereocenters. The summed E-state index contributed by atoms with van der Waals surface area (Å²) in [6.07, 6.45) is 6.15. The van der Waals surface area contributed by atoms with Crippen LogP contribution in [0.1, 0.15) is 66.8 Å². The Kier molecular flexibility index (Phi) is 7.26. The van der Waals surface area contributed by atoms with Crippen LogP contribution in [0.2, 0.25) is 5.02 Å². The summed E-state index contributed by atoms with van der Waals surface area (Å²) in [5.74, 6) is 0.196. The topological polar surface area (TPSA) is 34.1 Å². The summed E-state index contributed by atoms with van der Waals surface area (Å²) in [6.45, 7) is 0. The van der Waals surface area contributed by atoms with Crippen molar-refractivity contribution in [2.24, 2.45) is 5.92 Å². The second-order valence-corrected chi connectivity index (χ2v) is 8.67. The fourth-order valence-corrected chi connectivity index (χ4v) is 4.51. The second kappa shape index (κ2) is 9.66. The lowest BCUT2D eigenvalue weighted by Gasteiger charge is -2.28. The highest BCUT2D eigenvalue weighted by Crippen LogP contribution is 2.37. The zero-order valence-electron chi connectivity index (χ0n) is 15.3. The fourth-order valence-electron chi connectivity index (χ4n) is 3.97. The molecule has 0 unspecified atom stereocenters. The Hall–Kier alpha value is -1.45. The molecule has 0 saturated heterocycles. The lowest BCUT2D eigenvalue weighted by atomic mass is 9.75. The van der Waals surface area contributed by atoms with E-state index < -0.39 is 0 Å². The SMILES string of the molecule is O=C(C[C@H](c1cccc(Br)c1)[C@@H]1CCCCCCC1=O)c1ccc(Cl)cc1. The first-order valence-corrected chi connectivity index (χ1v) is 10.8. The maximum atomic E-state index is 13.0. The summed E-state index contributed by atoms with van der Waals surface area (Å²) in [5.41, 5.74) is 1.71. The summed E-state index contributed by atoms with van der Waals surface area (Å²) in [6, 6.07) is 15.1. The van der Waals surface area contributed by atoms with Crippen molar-refractivity contribution in [3.8, 4) is 0 Å². The van der Waals surface area contributed by atoms with Crippen LogP contribution in [0.3, 0.4) is 0 Å². The molecule has 0 heterocycles. The summed E-state index contributed by atoms with van der Waals surface area (Å²) < 4.78 is 0.974. The van der Waals surface area contributed by atoms with Gasteiger partial charge in [0, 0.05) is 39.7 Å². The molecule has 0 bridgehead atoms. The van der Waals surface area contributed by atoms with E-state index in [-0.39, 0.29) is 17.6 Å². The maximum absolute atomic E-state index is 13.0. The molecule has 3 rings (SSSR count). The van der Waals surface area contributed by atoms with E-state index in [1.165, 1.54) is 6.42 Å². The van der Waals surface area contributed by atoms with Crippen LogP contribution in [-0.4, -0.2) is 11.6 Å². The molecule has 0 spiro atoms. The van der Waals surface area contributed by atoms with Crippen LogP contribution >= 0.6 is 27.5 Å². The molecule has 0 aromatic heterocycles. The fraction of sp³-hybridized carbons (Fsp3) is 0.391. The molecule has 0 aliphatic heterocycles. The molecule has 2 aromatic rings. The van der Waals surface area contributed by atoms with E-state index in [9.17, 15) is 9.59 Å². The number of hydrogen-bond acceptors (Lipinski definition) is 2. The number of halogens is 2. The van der Waals surface area contributed by atoms with E-state index in [0.717, 1.165) is 35.7 Å². The zero-order valence-corrected chi connectivity index (χ0v) is 17.6. The van der Waals surface area contributed by atoms with Gasteiger partial charge in [0.05, 0.1) is 0 Å². The average Bonchev–Trinajstić information content (AvgIpc) is 2.64. The summed E-state index contributed by atoms with van der Waals surface area (Å²) >= 11 is 9.48. The Labute approximate surface area is 174 Å². The van der Waals surface area contributed by atoms with Gasteiger partial charge in [-0.15, -0.1) is 0 Å². The van der Waals surface area contributed by atoms with E-state index in [1.54, 1.807) is 24.3 Å². The van der Waals surface area contributed by atoms with Gasteiger partial charge in [0.1, 0.15) is 5.78 Å². The Bertz CT molecular complexity index is 800. The molecule has 2 aromatic carbocycles. The van der Waals surface area contributed by atoms with E-state index in [4.69, 9.17) is 11.6 Å². The quantitative estimate of drug-likeness (QED) is 0.462. The molecule has 2 nitrogen and oxygen atoms in total. The number of carbonyl (C=O) groups is 2. The first kappa shape index (κ1) is 20.3. The minimum Gasteiger partial charge on any atom is -0.299 e. The highest BCUT2D eigenvalue weighted by molar-refractivity contribution is 9.10.